The van der Waals surface area contributed by atoms with Crippen molar-refractivity contribution in [1.82, 2.24) is 10.1 Å². The summed E-state index contributed by atoms with van der Waals surface area (Å²) in [6.45, 7) is 3.17. The number of nitro groups is 1. The van der Waals surface area contributed by atoms with Crippen molar-refractivity contribution in [3.63, 3.8) is 0 Å². The molecular weight excluding hydrogens is 286 g/mol. The quantitative estimate of drug-likeness (QED) is 0.637. The van der Waals surface area contributed by atoms with Crippen LogP contribution >= 0.6 is 0 Å². The van der Waals surface area contributed by atoms with Gasteiger partial charge in [0.05, 0.1) is 4.92 Å². The van der Waals surface area contributed by atoms with Gasteiger partial charge in [-0.2, -0.15) is 4.98 Å². The molecule has 7 heteroatoms. The number of ether oxygens (including phenoxy) is 1. The highest BCUT2D eigenvalue weighted by atomic mass is 16.6. The van der Waals surface area contributed by atoms with Gasteiger partial charge < -0.3 is 9.26 Å². The molecular formula is C15H17N3O4. The zero-order valence-electron chi connectivity index (χ0n) is 12.3. The van der Waals surface area contributed by atoms with Crippen molar-refractivity contribution in [3.05, 3.63) is 51.2 Å². The summed E-state index contributed by atoms with van der Waals surface area (Å²) in [6, 6.07) is 5.04. The van der Waals surface area contributed by atoms with E-state index in [0.717, 1.165) is 18.4 Å². The van der Waals surface area contributed by atoms with Gasteiger partial charge in [0, 0.05) is 37.2 Å². The molecule has 0 amide bonds. The second kappa shape index (κ2) is 6.23. The minimum atomic E-state index is -0.373. The molecule has 1 aromatic carbocycles. The number of nitro benzene ring substituents is 1. The molecule has 0 aliphatic carbocycles. The largest absolute Gasteiger partial charge is 0.381 e. The molecule has 0 spiro atoms. The summed E-state index contributed by atoms with van der Waals surface area (Å²) in [5.74, 6) is 1.45. The number of nitrogens with zero attached hydrogens (tertiary/aromatic N) is 3. The number of rotatable bonds is 4. The topological polar surface area (TPSA) is 91.3 Å². The van der Waals surface area contributed by atoms with Crippen molar-refractivity contribution < 1.29 is 14.2 Å². The van der Waals surface area contributed by atoms with E-state index in [9.17, 15) is 10.1 Å². The van der Waals surface area contributed by atoms with Gasteiger partial charge in [-0.25, -0.2) is 0 Å². The van der Waals surface area contributed by atoms with Crippen molar-refractivity contribution in [2.75, 3.05) is 13.2 Å². The van der Waals surface area contributed by atoms with Crippen molar-refractivity contribution >= 4 is 5.69 Å². The van der Waals surface area contributed by atoms with Gasteiger partial charge in [-0.15, -0.1) is 0 Å². The van der Waals surface area contributed by atoms with Gasteiger partial charge in [0.25, 0.3) is 5.69 Å². The van der Waals surface area contributed by atoms with Crippen LogP contribution in [0.5, 0.6) is 0 Å². The fourth-order valence-electron chi connectivity index (χ4n) is 2.68. The van der Waals surface area contributed by atoms with Crippen molar-refractivity contribution in [2.45, 2.75) is 32.1 Å². The van der Waals surface area contributed by atoms with Gasteiger partial charge in [0.15, 0.2) is 5.82 Å². The second-order valence-electron chi connectivity index (χ2n) is 5.43. The third-order valence-corrected chi connectivity index (χ3v) is 4.02. The van der Waals surface area contributed by atoms with Gasteiger partial charge >= 0.3 is 0 Å². The first-order valence-electron chi connectivity index (χ1n) is 7.28. The predicted molar refractivity (Wildman–Crippen MR) is 77.7 cm³/mol. The van der Waals surface area contributed by atoms with Crippen LogP contribution in [-0.4, -0.2) is 28.3 Å². The standard InChI is InChI=1S/C15H17N3O4/c1-10-12(3-2-4-13(10)18(19)20)9-14-16-15(22-17-14)11-5-7-21-8-6-11/h2-4,11H,5-9H2,1H3. The van der Waals surface area contributed by atoms with Crippen LogP contribution in [0.3, 0.4) is 0 Å². The van der Waals surface area contributed by atoms with Crippen LogP contribution in [0.1, 0.15) is 41.6 Å². The summed E-state index contributed by atoms with van der Waals surface area (Å²) >= 11 is 0. The lowest BCUT2D eigenvalue weighted by Crippen LogP contribution is -2.14. The zero-order chi connectivity index (χ0) is 15.5. The molecule has 2 heterocycles. The molecule has 2 aromatic rings. The lowest BCUT2D eigenvalue weighted by Gasteiger charge is -2.17. The maximum atomic E-state index is 11.0. The van der Waals surface area contributed by atoms with E-state index in [1.807, 2.05) is 6.07 Å². The summed E-state index contributed by atoms with van der Waals surface area (Å²) in [4.78, 5) is 15.1. The molecule has 1 fully saturated rings. The maximum absolute atomic E-state index is 11.0. The summed E-state index contributed by atoms with van der Waals surface area (Å²) < 4.78 is 10.7. The summed E-state index contributed by atoms with van der Waals surface area (Å²) in [5.41, 5.74) is 1.60. The molecule has 22 heavy (non-hydrogen) atoms. The first-order chi connectivity index (χ1) is 10.6. The van der Waals surface area contributed by atoms with Gasteiger partial charge in [-0.1, -0.05) is 17.3 Å². The Kier molecular flexibility index (Phi) is 4.15. The van der Waals surface area contributed by atoms with Crippen LogP contribution in [0.2, 0.25) is 0 Å². The van der Waals surface area contributed by atoms with E-state index in [1.165, 1.54) is 6.07 Å². The highest BCUT2D eigenvalue weighted by molar-refractivity contribution is 5.45. The van der Waals surface area contributed by atoms with E-state index >= 15 is 0 Å². The molecule has 1 aromatic heterocycles. The molecule has 3 rings (SSSR count). The van der Waals surface area contributed by atoms with Crippen LogP contribution in [0.4, 0.5) is 5.69 Å². The fourth-order valence-corrected chi connectivity index (χ4v) is 2.68. The van der Waals surface area contributed by atoms with Crippen LogP contribution in [0, 0.1) is 17.0 Å². The molecule has 1 aliphatic rings. The van der Waals surface area contributed by atoms with Gasteiger partial charge in [-0.3, -0.25) is 10.1 Å². The Balaban J connectivity index is 1.78. The van der Waals surface area contributed by atoms with E-state index in [2.05, 4.69) is 10.1 Å². The molecule has 0 saturated carbocycles. The van der Waals surface area contributed by atoms with Crippen LogP contribution in [-0.2, 0) is 11.2 Å². The monoisotopic (exact) mass is 303 g/mol. The van der Waals surface area contributed by atoms with Gasteiger partial charge in [0.2, 0.25) is 5.89 Å². The summed E-state index contributed by atoms with van der Waals surface area (Å²) in [6.07, 6.45) is 2.20. The highest BCUT2D eigenvalue weighted by Gasteiger charge is 2.22. The van der Waals surface area contributed by atoms with E-state index in [1.54, 1.807) is 13.0 Å². The molecule has 0 N–H and O–H groups in total. The first-order valence-corrected chi connectivity index (χ1v) is 7.28. The molecule has 0 atom stereocenters. The van der Waals surface area contributed by atoms with E-state index in [-0.39, 0.29) is 16.5 Å². The Labute approximate surface area is 127 Å². The maximum Gasteiger partial charge on any atom is 0.272 e. The second-order valence-corrected chi connectivity index (χ2v) is 5.43. The first kappa shape index (κ1) is 14.6. The van der Waals surface area contributed by atoms with Gasteiger partial charge in [-0.05, 0) is 25.3 Å². The molecule has 0 radical (unpaired) electrons. The molecule has 0 bridgehead atoms. The average molecular weight is 303 g/mol. The number of hydrogen-bond acceptors (Lipinski definition) is 6. The Morgan fingerprint density at radius 3 is 2.86 bits per heavy atom. The fraction of sp³-hybridized carbons (Fsp3) is 0.467. The smallest absolute Gasteiger partial charge is 0.272 e. The van der Waals surface area contributed by atoms with Crippen molar-refractivity contribution in [3.8, 4) is 0 Å². The molecule has 1 aliphatic heterocycles. The number of hydrogen-bond donors (Lipinski definition) is 0. The summed E-state index contributed by atoms with van der Waals surface area (Å²) in [5, 5.41) is 15.0. The average Bonchev–Trinajstić information content (AvgIpc) is 2.98. The van der Waals surface area contributed by atoms with E-state index < -0.39 is 0 Å². The molecule has 116 valence electrons. The zero-order valence-corrected chi connectivity index (χ0v) is 12.3. The number of benzene rings is 1. The van der Waals surface area contributed by atoms with E-state index in [4.69, 9.17) is 9.26 Å². The molecule has 1 saturated heterocycles. The van der Waals surface area contributed by atoms with Gasteiger partial charge in [0.1, 0.15) is 0 Å². The Hall–Kier alpha value is -2.28. The lowest BCUT2D eigenvalue weighted by molar-refractivity contribution is -0.385. The van der Waals surface area contributed by atoms with E-state index in [0.29, 0.717) is 36.9 Å². The van der Waals surface area contributed by atoms with Crippen LogP contribution < -0.4 is 0 Å². The Morgan fingerprint density at radius 2 is 2.14 bits per heavy atom. The molecule has 7 nitrogen and oxygen atoms in total. The summed E-state index contributed by atoms with van der Waals surface area (Å²) in [7, 11) is 0. The highest BCUT2D eigenvalue weighted by Crippen LogP contribution is 2.26. The Morgan fingerprint density at radius 1 is 1.36 bits per heavy atom. The van der Waals surface area contributed by atoms with Crippen molar-refractivity contribution in [2.24, 2.45) is 0 Å². The third-order valence-electron chi connectivity index (χ3n) is 4.02. The SMILES string of the molecule is Cc1c(Cc2noc(C3CCOCC3)n2)cccc1[N+](=O)[O-]. The third kappa shape index (κ3) is 2.99. The minimum absolute atomic E-state index is 0.116. The van der Waals surface area contributed by atoms with Crippen LogP contribution in [0.25, 0.3) is 0 Å². The van der Waals surface area contributed by atoms with Crippen molar-refractivity contribution in [1.29, 1.82) is 0 Å². The Bertz CT molecular complexity index is 677. The lowest BCUT2D eigenvalue weighted by atomic mass is 10.0. The normalized spacial score (nSPS) is 15.9. The van der Waals surface area contributed by atoms with Crippen LogP contribution in [0.15, 0.2) is 22.7 Å². The molecule has 0 unspecified atom stereocenters. The minimum Gasteiger partial charge on any atom is -0.381 e. The number of aromatic nitrogens is 2. The predicted octanol–water partition coefficient (Wildman–Crippen LogP) is 2.77.